The van der Waals surface area contributed by atoms with E-state index in [4.69, 9.17) is 4.74 Å². The van der Waals surface area contributed by atoms with Gasteiger partial charge in [0.05, 0.1) is 5.41 Å². The van der Waals surface area contributed by atoms with Crippen LogP contribution in [0.4, 0.5) is 0 Å². The molecule has 13 heavy (non-hydrogen) atoms. The first-order valence-electron chi connectivity index (χ1n) is 4.51. The average molecular weight is 183 g/mol. The molecule has 3 heteroatoms. The fraction of sp³-hybridized carbons (Fsp3) is 0.700. The Kier molecular flexibility index (Phi) is 2.76. The fourth-order valence-electron chi connectivity index (χ4n) is 1.05. The lowest BCUT2D eigenvalue weighted by Crippen LogP contribution is -2.29. The molecule has 0 amide bonds. The molecule has 0 bridgehead atoms. The second-order valence-electron chi connectivity index (χ2n) is 4.43. The van der Waals surface area contributed by atoms with E-state index in [-0.39, 0.29) is 12.1 Å². The van der Waals surface area contributed by atoms with Crippen LogP contribution in [0.5, 0.6) is 0 Å². The zero-order chi connectivity index (χ0) is 10.1. The summed E-state index contributed by atoms with van der Waals surface area (Å²) in [7, 11) is 0. The molecule has 0 aromatic carbocycles. The van der Waals surface area contributed by atoms with E-state index in [0.717, 1.165) is 12.1 Å². The van der Waals surface area contributed by atoms with Gasteiger partial charge >= 0.3 is 5.97 Å². The molecule has 1 N–H and O–H groups in total. The summed E-state index contributed by atoms with van der Waals surface area (Å²) in [6.07, 6.45) is -0.133. The minimum atomic E-state index is -0.428. The third-order valence-electron chi connectivity index (χ3n) is 2.00. The van der Waals surface area contributed by atoms with Crippen molar-refractivity contribution in [1.82, 2.24) is 5.32 Å². The van der Waals surface area contributed by atoms with Crippen LogP contribution in [-0.4, -0.2) is 25.2 Å². The fourth-order valence-corrected chi connectivity index (χ4v) is 1.05. The molecule has 1 saturated heterocycles. The van der Waals surface area contributed by atoms with Gasteiger partial charge in [-0.1, -0.05) is 6.58 Å². The maximum absolute atomic E-state index is 11.5. The van der Waals surface area contributed by atoms with Crippen LogP contribution in [0.25, 0.3) is 0 Å². The van der Waals surface area contributed by atoms with Gasteiger partial charge in [0.15, 0.2) is 0 Å². The van der Waals surface area contributed by atoms with Crippen molar-refractivity contribution in [2.45, 2.75) is 26.9 Å². The summed E-state index contributed by atoms with van der Waals surface area (Å²) in [4.78, 5) is 11.5. The number of rotatable bonds is 1. The van der Waals surface area contributed by atoms with Gasteiger partial charge in [0.1, 0.15) is 6.10 Å². The monoisotopic (exact) mass is 183 g/mol. The molecule has 0 spiro atoms. The SMILES string of the molecule is C=C1CNC[C@@H]1OC(=O)C(C)(C)C. The first kappa shape index (κ1) is 10.3. The molecule has 74 valence electrons. The number of carbonyl (C=O) groups is 1. The van der Waals surface area contributed by atoms with Crippen LogP contribution in [0.15, 0.2) is 12.2 Å². The Hall–Kier alpha value is -0.830. The van der Waals surface area contributed by atoms with Gasteiger partial charge in [-0.2, -0.15) is 0 Å². The van der Waals surface area contributed by atoms with Crippen LogP contribution in [0, 0.1) is 5.41 Å². The molecule has 1 heterocycles. The van der Waals surface area contributed by atoms with Gasteiger partial charge in [-0.25, -0.2) is 0 Å². The number of hydrogen-bond donors (Lipinski definition) is 1. The van der Waals surface area contributed by atoms with E-state index in [1.807, 2.05) is 20.8 Å². The second-order valence-corrected chi connectivity index (χ2v) is 4.43. The highest BCUT2D eigenvalue weighted by molar-refractivity contribution is 5.75. The molecule has 1 fully saturated rings. The number of ether oxygens (including phenoxy) is 1. The Labute approximate surface area is 79.2 Å². The first-order valence-corrected chi connectivity index (χ1v) is 4.51. The predicted octanol–water partition coefficient (Wildman–Crippen LogP) is 1.10. The highest BCUT2D eigenvalue weighted by Gasteiger charge is 2.29. The molecule has 1 aliphatic rings. The lowest BCUT2D eigenvalue weighted by Gasteiger charge is -2.20. The molecule has 0 radical (unpaired) electrons. The van der Waals surface area contributed by atoms with E-state index >= 15 is 0 Å². The maximum Gasteiger partial charge on any atom is 0.311 e. The van der Waals surface area contributed by atoms with Crippen LogP contribution in [0.3, 0.4) is 0 Å². The Morgan fingerprint density at radius 3 is 2.62 bits per heavy atom. The second kappa shape index (κ2) is 3.50. The summed E-state index contributed by atoms with van der Waals surface area (Å²) in [5, 5.41) is 3.10. The minimum absolute atomic E-state index is 0.133. The first-order chi connectivity index (χ1) is 5.91. The summed E-state index contributed by atoms with van der Waals surface area (Å²) in [5.74, 6) is -0.164. The molecule has 1 atom stereocenters. The van der Waals surface area contributed by atoms with Gasteiger partial charge in [-0.3, -0.25) is 4.79 Å². The molecular formula is C10H17NO2. The van der Waals surface area contributed by atoms with Crippen molar-refractivity contribution in [3.8, 4) is 0 Å². The van der Waals surface area contributed by atoms with E-state index in [2.05, 4.69) is 11.9 Å². The molecular weight excluding hydrogens is 166 g/mol. The normalized spacial score (nSPS) is 23.3. The number of esters is 1. The largest absolute Gasteiger partial charge is 0.456 e. The summed E-state index contributed by atoms with van der Waals surface area (Å²) >= 11 is 0. The van der Waals surface area contributed by atoms with Gasteiger partial charge in [-0.05, 0) is 26.3 Å². The van der Waals surface area contributed by atoms with Gasteiger partial charge in [-0.15, -0.1) is 0 Å². The van der Waals surface area contributed by atoms with E-state index in [9.17, 15) is 4.79 Å². The standard InChI is InChI=1S/C10H17NO2/c1-7-5-11-6-8(7)13-9(12)10(2,3)4/h8,11H,1,5-6H2,2-4H3/t8-/m0/s1. The lowest BCUT2D eigenvalue weighted by molar-refractivity contribution is -0.156. The van der Waals surface area contributed by atoms with Crippen LogP contribution in [-0.2, 0) is 9.53 Å². The topological polar surface area (TPSA) is 38.3 Å². The van der Waals surface area contributed by atoms with Crippen molar-refractivity contribution in [3.63, 3.8) is 0 Å². The number of hydrogen-bond acceptors (Lipinski definition) is 3. The van der Waals surface area contributed by atoms with Crippen molar-refractivity contribution in [3.05, 3.63) is 12.2 Å². The predicted molar refractivity (Wildman–Crippen MR) is 51.3 cm³/mol. The average Bonchev–Trinajstić information content (AvgIpc) is 2.34. The van der Waals surface area contributed by atoms with E-state index in [1.54, 1.807) is 0 Å². The summed E-state index contributed by atoms with van der Waals surface area (Å²) in [6, 6.07) is 0. The lowest BCUT2D eigenvalue weighted by atomic mass is 9.97. The van der Waals surface area contributed by atoms with Crippen LogP contribution < -0.4 is 5.32 Å². The van der Waals surface area contributed by atoms with Crippen LogP contribution >= 0.6 is 0 Å². The van der Waals surface area contributed by atoms with Crippen molar-refractivity contribution in [2.24, 2.45) is 5.41 Å². The van der Waals surface area contributed by atoms with Gasteiger partial charge in [0.25, 0.3) is 0 Å². The van der Waals surface area contributed by atoms with Gasteiger partial charge in [0, 0.05) is 13.1 Å². The van der Waals surface area contributed by atoms with Crippen molar-refractivity contribution >= 4 is 5.97 Å². The number of nitrogens with one attached hydrogen (secondary N) is 1. The molecule has 0 unspecified atom stereocenters. The molecule has 1 aliphatic heterocycles. The van der Waals surface area contributed by atoms with Crippen LogP contribution in [0.2, 0.25) is 0 Å². The Bertz CT molecular complexity index is 228. The molecule has 0 aromatic rings. The molecule has 3 nitrogen and oxygen atoms in total. The van der Waals surface area contributed by atoms with E-state index in [1.165, 1.54) is 0 Å². The maximum atomic E-state index is 11.5. The van der Waals surface area contributed by atoms with E-state index in [0.29, 0.717) is 6.54 Å². The van der Waals surface area contributed by atoms with Gasteiger partial charge < -0.3 is 10.1 Å². The quantitative estimate of drug-likeness (QED) is 0.489. The third kappa shape index (κ3) is 2.56. The van der Waals surface area contributed by atoms with E-state index < -0.39 is 5.41 Å². The molecule has 1 rings (SSSR count). The zero-order valence-corrected chi connectivity index (χ0v) is 8.52. The Morgan fingerprint density at radius 2 is 2.23 bits per heavy atom. The van der Waals surface area contributed by atoms with Gasteiger partial charge in [0.2, 0.25) is 0 Å². The Balaban J connectivity index is 2.49. The summed E-state index contributed by atoms with van der Waals surface area (Å²) < 4.78 is 5.29. The summed E-state index contributed by atoms with van der Waals surface area (Å²) in [6.45, 7) is 10.8. The minimum Gasteiger partial charge on any atom is -0.456 e. The summed E-state index contributed by atoms with van der Waals surface area (Å²) in [5.41, 5.74) is 0.528. The van der Waals surface area contributed by atoms with Crippen molar-refractivity contribution in [2.75, 3.05) is 13.1 Å². The highest BCUT2D eigenvalue weighted by atomic mass is 16.5. The highest BCUT2D eigenvalue weighted by Crippen LogP contribution is 2.19. The van der Waals surface area contributed by atoms with Crippen molar-refractivity contribution in [1.29, 1.82) is 0 Å². The number of carbonyl (C=O) groups excluding carboxylic acids is 1. The third-order valence-corrected chi connectivity index (χ3v) is 2.00. The Morgan fingerprint density at radius 1 is 1.62 bits per heavy atom. The molecule has 0 aromatic heterocycles. The smallest absolute Gasteiger partial charge is 0.311 e. The molecule has 0 aliphatic carbocycles. The van der Waals surface area contributed by atoms with Crippen molar-refractivity contribution < 1.29 is 9.53 Å². The zero-order valence-electron chi connectivity index (χ0n) is 8.52. The molecule has 0 saturated carbocycles. The van der Waals surface area contributed by atoms with Crippen LogP contribution in [0.1, 0.15) is 20.8 Å².